The van der Waals surface area contributed by atoms with E-state index in [0.717, 1.165) is 5.56 Å². The molecule has 0 aliphatic carbocycles. The Balaban J connectivity index is 1.90. The SMILES string of the molecule is COc1cccc(C(C#N)c2nc(CC(C)C)nc3c2nnn3Cc2ccccc2)c1OC. The normalized spacial score (nSPS) is 12.0. The number of fused-ring (bicyclic) bond motifs is 1. The van der Waals surface area contributed by atoms with E-state index in [9.17, 15) is 5.26 Å². The van der Waals surface area contributed by atoms with Crippen LogP contribution in [0.5, 0.6) is 11.5 Å². The van der Waals surface area contributed by atoms with Gasteiger partial charge in [-0.25, -0.2) is 14.6 Å². The van der Waals surface area contributed by atoms with E-state index < -0.39 is 5.92 Å². The summed E-state index contributed by atoms with van der Waals surface area (Å²) in [5.74, 6) is 1.33. The largest absolute Gasteiger partial charge is 0.493 e. The Hall–Kier alpha value is -3.99. The minimum absolute atomic E-state index is 0.348. The fourth-order valence-electron chi connectivity index (χ4n) is 3.86. The molecule has 1 atom stereocenters. The first-order chi connectivity index (χ1) is 16.0. The Morgan fingerprint density at radius 3 is 2.45 bits per heavy atom. The second-order valence-corrected chi connectivity index (χ2v) is 8.17. The number of nitrogens with zero attached hydrogens (tertiary/aromatic N) is 6. The molecule has 0 bridgehead atoms. The third-order valence-electron chi connectivity index (χ3n) is 5.35. The van der Waals surface area contributed by atoms with Crippen LogP contribution in [0.15, 0.2) is 48.5 Å². The molecule has 8 heteroatoms. The molecule has 168 valence electrons. The number of hydrogen-bond donors (Lipinski definition) is 0. The fourth-order valence-corrected chi connectivity index (χ4v) is 3.86. The first kappa shape index (κ1) is 22.2. The average Bonchev–Trinajstić information content (AvgIpc) is 3.22. The maximum atomic E-state index is 10.2. The molecule has 2 aromatic heterocycles. The molecule has 0 spiro atoms. The van der Waals surface area contributed by atoms with Gasteiger partial charge in [-0.15, -0.1) is 5.10 Å². The van der Waals surface area contributed by atoms with Crippen molar-refractivity contribution >= 4 is 11.2 Å². The molecule has 0 aliphatic rings. The second-order valence-electron chi connectivity index (χ2n) is 8.17. The van der Waals surface area contributed by atoms with Crippen LogP contribution in [0.3, 0.4) is 0 Å². The lowest BCUT2D eigenvalue weighted by Gasteiger charge is -2.17. The van der Waals surface area contributed by atoms with Gasteiger partial charge in [0.05, 0.1) is 32.5 Å². The van der Waals surface area contributed by atoms with Crippen LogP contribution in [0, 0.1) is 17.2 Å². The molecule has 0 N–H and O–H groups in total. The highest BCUT2D eigenvalue weighted by Gasteiger charge is 2.27. The topological polar surface area (TPSA) is 98.7 Å². The molecular weight excluding hydrogens is 416 g/mol. The molecule has 0 saturated carbocycles. The van der Waals surface area contributed by atoms with Crippen molar-refractivity contribution < 1.29 is 9.47 Å². The summed E-state index contributed by atoms with van der Waals surface area (Å²) < 4.78 is 12.8. The number of hydrogen-bond acceptors (Lipinski definition) is 7. The van der Waals surface area contributed by atoms with Gasteiger partial charge in [0.2, 0.25) is 0 Å². The standard InChI is InChI=1S/C25H26N6O2/c1-16(2)13-21-27-22(19(14-26)18-11-8-12-20(32-3)24(18)33-4)23-25(28-21)31(30-29-23)15-17-9-6-5-7-10-17/h5-12,16,19H,13,15H2,1-4H3. The minimum atomic E-state index is -0.728. The lowest BCUT2D eigenvalue weighted by molar-refractivity contribution is 0.351. The van der Waals surface area contributed by atoms with E-state index in [1.807, 2.05) is 42.5 Å². The predicted molar refractivity (Wildman–Crippen MR) is 124 cm³/mol. The van der Waals surface area contributed by atoms with Crippen LogP contribution >= 0.6 is 0 Å². The number of ether oxygens (including phenoxy) is 2. The number of para-hydroxylation sites is 1. The summed E-state index contributed by atoms with van der Waals surface area (Å²) in [7, 11) is 3.13. The number of rotatable bonds is 8. The molecule has 1 unspecified atom stereocenters. The lowest BCUT2D eigenvalue weighted by atomic mass is 9.94. The summed E-state index contributed by atoms with van der Waals surface area (Å²) in [6.45, 7) is 4.74. The number of nitriles is 1. The van der Waals surface area contributed by atoms with Crippen molar-refractivity contribution in [1.29, 1.82) is 5.26 Å². The molecule has 0 fully saturated rings. The molecule has 33 heavy (non-hydrogen) atoms. The monoisotopic (exact) mass is 442 g/mol. The number of aromatic nitrogens is 5. The van der Waals surface area contributed by atoms with E-state index in [0.29, 0.717) is 58.6 Å². The molecule has 2 aromatic carbocycles. The Bertz CT molecular complexity index is 1290. The molecule has 2 heterocycles. The molecule has 4 rings (SSSR count). The molecule has 0 amide bonds. The van der Waals surface area contributed by atoms with Gasteiger partial charge < -0.3 is 9.47 Å². The summed E-state index contributed by atoms with van der Waals surface area (Å²) in [6, 6.07) is 17.9. The average molecular weight is 443 g/mol. The number of benzene rings is 2. The van der Waals surface area contributed by atoms with Crippen LogP contribution in [0.4, 0.5) is 0 Å². The first-order valence-electron chi connectivity index (χ1n) is 10.8. The van der Waals surface area contributed by atoms with Crippen LogP contribution in [0.25, 0.3) is 11.2 Å². The Kier molecular flexibility index (Phi) is 6.50. The third kappa shape index (κ3) is 4.48. The quantitative estimate of drug-likeness (QED) is 0.404. The van der Waals surface area contributed by atoms with E-state index in [1.165, 1.54) is 0 Å². The summed E-state index contributed by atoms with van der Waals surface area (Å²) >= 11 is 0. The molecule has 8 nitrogen and oxygen atoms in total. The van der Waals surface area contributed by atoms with E-state index in [4.69, 9.17) is 19.4 Å². The smallest absolute Gasteiger partial charge is 0.182 e. The van der Waals surface area contributed by atoms with Gasteiger partial charge in [-0.1, -0.05) is 61.5 Å². The van der Waals surface area contributed by atoms with Crippen LogP contribution in [0.1, 0.15) is 42.4 Å². The fraction of sp³-hybridized carbons (Fsp3) is 0.320. The van der Waals surface area contributed by atoms with Crippen LogP contribution in [0.2, 0.25) is 0 Å². The molecule has 0 radical (unpaired) electrons. The second kappa shape index (κ2) is 9.65. The maximum absolute atomic E-state index is 10.2. The van der Waals surface area contributed by atoms with Crippen molar-refractivity contribution in [2.24, 2.45) is 5.92 Å². The van der Waals surface area contributed by atoms with Crippen molar-refractivity contribution in [2.75, 3.05) is 14.2 Å². The Labute approximate surface area is 192 Å². The lowest BCUT2D eigenvalue weighted by Crippen LogP contribution is -2.11. The van der Waals surface area contributed by atoms with Crippen molar-refractivity contribution in [3.8, 4) is 17.6 Å². The third-order valence-corrected chi connectivity index (χ3v) is 5.35. The highest BCUT2D eigenvalue weighted by atomic mass is 16.5. The zero-order valence-electron chi connectivity index (χ0n) is 19.2. The van der Waals surface area contributed by atoms with Gasteiger partial charge in [0.15, 0.2) is 22.7 Å². The van der Waals surface area contributed by atoms with Crippen molar-refractivity contribution in [3.63, 3.8) is 0 Å². The summed E-state index contributed by atoms with van der Waals surface area (Å²) in [4.78, 5) is 9.57. The summed E-state index contributed by atoms with van der Waals surface area (Å²) in [6.07, 6.45) is 0.673. The van der Waals surface area contributed by atoms with Crippen LogP contribution < -0.4 is 9.47 Å². The van der Waals surface area contributed by atoms with Crippen LogP contribution in [-0.4, -0.2) is 39.2 Å². The summed E-state index contributed by atoms with van der Waals surface area (Å²) in [5.41, 5.74) is 3.38. The molecular formula is C25H26N6O2. The zero-order valence-corrected chi connectivity index (χ0v) is 19.2. The Morgan fingerprint density at radius 1 is 1.00 bits per heavy atom. The first-order valence-corrected chi connectivity index (χ1v) is 10.8. The van der Waals surface area contributed by atoms with Gasteiger partial charge in [0.1, 0.15) is 11.7 Å². The molecule has 0 saturated heterocycles. The summed E-state index contributed by atoms with van der Waals surface area (Å²) in [5, 5.41) is 19.0. The van der Waals surface area contributed by atoms with Gasteiger partial charge >= 0.3 is 0 Å². The number of methoxy groups -OCH3 is 2. The minimum Gasteiger partial charge on any atom is -0.493 e. The zero-order chi connectivity index (χ0) is 23.4. The maximum Gasteiger partial charge on any atom is 0.182 e. The van der Waals surface area contributed by atoms with Crippen molar-refractivity contribution in [1.82, 2.24) is 25.0 Å². The molecule has 4 aromatic rings. The van der Waals surface area contributed by atoms with Gasteiger partial charge in [-0.05, 0) is 17.5 Å². The predicted octanol–water partition coefficient (Wildman–Crippen LogP) is 4.14. The van der Waals surface area contributed by atoms with E-state index in [1.54, 1.807) is 25.0 Å². The van der Waals surface area contributed by atoms with E-state index in [-0.39, 0.29) is 0 Å². The van der Waals surface area contributed by atoms with Crippen molar-refractivity contribution in [3.05, 3.63) is 71.2 Å². The van der Waals surface area contributed by atoms with E-state index >= 15 is 0 Å². The van der Waals surface area contributed by atoms with Gasteiger partial charge in [-0.3, -0.25) is 0 Å². The highest BCUT2D eigenvalue weighted by Crippen LogP contribution is 2.39. The molecule has 0 aliphatic heterocycles. The van der Waals surface area contributed by atoms with Gasteiger partial charge in [0.25, 0.3) is 0 Å². The van der Waals surface area contributed by atoms with Crippen molar-refractivity contribution in [2.45, 2.75) is 32.7 Å². The van der Waals surface area contributed by atoms with Crippen LogP contribution in [-0.2, 0) is 13.0 Å². The van der Waals surface area contributed by atoms with E-state index in [2.05, 4.69) is 30.2 Å². The highest BCUT2D eigenvalue weighted by molar-refractivity contribution is 5.75. The van der Waals surface area contributed by atoms with Gasteiger partial charge in [-0.2, -0.15) is 5.26 Å². The Morgan fingerprint density at radius 2 is 1.79 bits per heavy atom. The van der Waals surface area contributed by atoms with Gasteiger partial charge in [0, 0.05) is 12.0 Å².